The van der Waals surface area contributed by atoms with Crippen molar-refractivity contribution < 1.29 is 14.6 Å². The Morgan fingerprint density at radius 1 is 1.11 bits per heavy atom. The highest BCUT2D eigenvalue weighted by Gasteiger charge is 2.17. The van der Waals surface area contributed by atoms with Crippen molar-refractivity contribution in [2.24, 2.45) is 0 Å². The number of anilines is 2. The fraction of sp³-hybridized carbons (Fsp3) is 0.385. The molecule has 9 nitrogen and oxygen atoms in total. The molecule has 4 aromatic rings. The number of rotatable bonds is 13. The number of aliphatic hydroxyl groups is 1. The van der Waals surface area contributed by atoms with Crippen molar-refractivity contribution in [2.75, 3.05) is 37.9 Å². The van der Waals surface area contributed by atoms with E-state index in [1.165, 1.54) is 0 Å². The zero-order valence-electron chi connectivity index (χ0n) is 20.3. The number of benzene rings is 2. The molecule has 0 bridgehead atoms. The smallest absolute Gasteiger partial charge is 0.181 e. The molecule has 0 fully saturated rings. The van der Waals surface area contributed by atoms with Gasteiger partial charge in [0.1, 0.15) is 17.1 Å². The lowest BCUT2D eigenvalue weighted by Gasteiger charge is -2.16. The molecule has 2 aromatic carbocycles. The number of unbranched alkanes of at least 4 members (excludes halogenated alkanes) is 1. The lowest BCUT2D eigenvalue weighted by Crippen LogP contribution is -2.38. The summed E-state index contributed by atoms with van der Waals surface area (Å²) in [4.78, 5) is 9.39. The van der Waals surface area contributed by atoms with Crippen LogP contribution in [0.15, 0.2) is 48.5 Å². The molecule has 1 atom stereocenters. The maximum absolute atomic E-state index is 10.2. The number of aryl methyl sites for hydroxylation is 1. The summed E-state index contributed by atoms with van der Waals surface area (Å²) in [6, 6.07) is 15.4. The monoisotopic (exact) mass is 478 g/mol. The largest absolute Gasteiger partial charge is 0.497 e. The number of nitrogens with two attached hydrogens (primary N) is 1. The van der Waals surface area contributed by atoms with Gasteiger partial charge in [-0.3, -0.25) is 5.32 Å². The minimum absolute atomic E-state index is 0.456. The van der Waals surface area contributed by atoms with E-state index in [0.29, 0.717) is 32.1 Å². The Hall–Kier alpha value is -3.40. The van der Waals surface area contributed by atoms with Gasteiger partial charge in [0.15, 0.2) is 12.2 Å². The van der Waals surface area contributed by atoms with Crippen LogP contribution >= 0.6 is 0 Å². The van der Waals surface area contributed by atoms with E-state index < -0.39 is 6.35 Å². The molecule has 0 saturated heterocycles. The fourth-order valence-electron chi connectivity index (χ4n) is 4.12. The van der Waals surface area contributed by atoms with E-state index in [2.05, 4.69) is 33.2 Å². The predicted octanol–water partition coefficient (Wildman–Crippen LogP) is 3.51. The molecule has 186 valence electrons. The van der Waals surface area contributed by atoms with Gasteiger partial charge in [0, 0.05) is 36.7 Å². The maximum atomic E-state index is 10.2. The maximum Gasteiger partial charge on any atom is 0.181 e. The number of hydrogen-bond acceptors (Lipinski definition) is 8. The van der Waals surface area contributed by atoms with Gasteiger partial charge in [0.25, 0.3) is 0 Å². The normalized spacial score (nSPS) is 12.3. The second-order valence-electron chi connectivity index (χ2n) is 8.34. The van der Waals surface area contributed by atoms with Gasteiger partial charge in [0.2, 0.25) is 0 Å². The second-order valence-corrected chi connectivity index (χ2v) is 8.34. The summed E-state index contributed by atoms with van der Waals surface area (Å²) in [6.45, 7) is 4.30. The van der Waals surface area contributed by atoms with Crippen LogP contribution in [0.5, 0.6) is 5.75 Å². The highest BCUT2D eigenvalue weighted by Crippen LogP contribution is 2.29. The van der Waals surface area contributed by atoms with Gasteiger partial charge in [0.05, 0.1) is 31.4 Å². The number of nitrogen functional groups attached to an aromatic ring is 1. The first-order valence-corrected chi connectivity index (χ1v) is 12.0. The Kier molecular flexibility index (Phi) is 8.36. The molecule has 2 aromatic heterocycles. The van der Waals surface area contributed by atoms with Crippen LogP contribution in [0.3, 0.4) is 0 Å². The topological polar surface area (TPSA) is 119 Å². The Morgan fingerprint density at radius 2 is 1.97 bits per heavy atom. The van der Waals surface area contributed by atoms with Gasteiger partial charge in [-0.1, -0.05) is 37.6 Å². The summed E-state index contributed by atoms with van der Waals surface area (Å²) >= 11 is 0. The van der Waals surface area contributed by atoms with Gasteiger partial charge in [-0.15, -0.1) is 0 Å². The molecule has 0 aliphatic rings. The van der Waals surface area contributed by atoms with E-state index in [1.54, 1.807) is 7.11 Å². The summed E-state index contributed by atoms with van der Waals surface area (Å²) in [5.41, 5.74) is 9.66. The van der Waals surface area contributed by atoms with E-state index in [0.717, 1.165) is 58.5 Å². The number of ether oxygens (including phenoxy) is 2. The van der Waals surface area contributed by atoms with E-state index in [9.17, 15) is 5.11 Å². The number of nitrogens with one attached hydrogen (secondary N) is 2. The highest BCUT2D eigenvalue weighted by molar-refractivity contribution is 6.06. The van der Waals surface area contributed by atoms with Crippen LogP contribution in [0.1, 0.15) is 25.6 Å². The van der Waals surface area contributed by atoms with Crippen LogP contribution in [0.2, 0.25) is 0 Å². The van der Waals surface area contributed by atoms with Crippen molar-refractivity contribution in [3.05, 3.63) is 54.4 Å². The fourth-order valence-corrected chi connectivity index (χ4v) is 4.12. The molecule has 5 N–H and O–H groups in total. The number of para-hydroxylation sites is 1. The minimum atomic E-state index is -0.897. The molecular formula is C26H34N6O3. The SMILES string of the molecule is CCCCc1nc2c(N)nc3ccccc3c2n1CCOCCNC(O)Nc1cccc(OC)c1. The molecule has 0 aliphatic carbocycles. The van der Waals surface area contributed by atoms with Crippen LogP contribution in [0.25, 0.3) is 21.9 Å². The third-order valence-corrected chi connectivity index (χ3v) is 5.86. The molecule has 0 aliphatic heterocycles. The average molecular weight is 479 g/mol. The van der Waals surface area contributed by atoms with Gasteiger partial charge in [-0.2, -0.15) is 0 Å². The molecule has 2 heterocycles. The van der Waals surface area contributed by atoms with Gasteiger partial charge < -0.3 is 30.2 Å². The van der Waals surface area contributed by atoms with Crippen molar-refractivity contribution in [3.8, 4) is 5.75 Å². The Labute approximate surface area is 205 Å². The molecule has 0 spiro atoms. The van der Waals surface area contributed by atoms with Crippen LogP contribution in [0, 0.1) is 0 Å². The standard InChI is InChI=1S/C26H34N6O3/c1-3-4-12-22-31-23-24(20-10-5-6-11-21(20)30-25(23)27)32(22)14-16-35-15-13-28-26(33)29-18-8-7-9-19(17-18)34-2/h5-11,17,26,28-29,33H,3-4,12-16H2,1-2H3,(H2,27,30). The first-order chi connectivity index (χ1) is 17.1. The third kappa shape index (κ3) is 6.00. The van der Waals surface area contributed by atoms with Crippen molar-refractivity contribution in [1.29, 1.82) is 0 Å². The predicted molar refractivity (Wildman–Crippen MR) is 140 cm³/mol. The molecule has 9 heteroatoms. The van der Waals surface area contributed by atoms with Crippen LogP contribution in [-0.4, -0.2) is 52.9 Å². The van der Waals surface area contributed by atoms with Crippen molar-refractivity contribution in [2.45, 2.75) is 39.1 Å². The van der Waals surface area contributed by atoms with E-state index in [-0.39, 0.29) is 0 Å². The van der Waals surface area contributed by atoms with Crippen LogP contribution in [-0.2, 0) is 17.7 Å². The third-order valence-electron chi connectivity index (χ3n) is 5.86. The molecular weight excluding hydrogens is 444 g/mol. The van der Waals surface area contributed by atoms with Crippen molar-refractivity contribution in [3.63, 3.8) is 0 Å². The molecule has 1 unspecified atom stereocenters. The summed E-state index contributed by atoms with van der Waals surface area (Å²) in [6.07, 6.45) is 2.12. The summed E-state index contributed by atoms with van der Waals surface area (Å²) < 4.78 is 13.3. The van der Waals surface area contributed by atoms with Crippen LogP contribution in [0.4, 0.5) is 11.5 Å². The zero-order chi connectivity index (χ0) is 24.6. The molecule has 0 radical (unpaired) electrons. The molecule has 4 rings (SSSR count). The first kappa shape index (κ1) is 24.7. The number of aromatic nitrogens is 3. The minimum Gasteiger partial charge on any atom is -0.497 e. The summed E-state index contributed by atoms with van der Waals surface area (Å²) in [5.74, 6) is 2.19. The van der Waals surface area contributed by atoms with Gasteiger partial charge >= 0.3 is 0 Å². The Morgan fingerprint density at radius 3 is 2.80 bits per heavy atom. The number of fused-ring (bicyclic) bond motifs is 3. The quantitative estimate of drug-likeness (QED) is 0.170. The lowest BCUT2D eigenvalue weighted by atomic mass is 10.2. The Balaban J connectivity index is 1.35. The van der Waals surface area contributed by atoms with E-state index >= 15 is 0 Å². The van der Waals surface area contributed by atoms with Crippen molar-refractivity contribution in [1.82, 2.24) is 19.9 Å². The number of hydrogen-bond donors (Lipinski definition) is 4. The summed E-state index contributed by atoms with van der Waals surface area (Å²) in [7, 11) is 1.61. The summed E-state index contributed by atoms with van der Waals surface area (Å²) in [5, 5.41) is 17.2. The van der Waals surface area contributed by atoms with Crippen LogP contribution < -0.4 is 21.1 Å². The molecule has 35 heavy (non-hydrogen) atoms. The Bertz CT molecular complexity index is 1260. The zero-order valence-corrected chi connectivity index (χ0v) is 20.3. The number of methoxy groups -OCH3 is 1. The van der Waals surface area contributed by atoms with E-state index in [4.69, 9.17) is 20.2 Å². The molecule has 0 saturated carbocycles. The van der Waals surface area contributed by atoms with Gasteiger partial charge in [-0.05, 0) is 24.6 Å². The number of pyridine rings is 1. The van der Waals surface area contributed by atoms with Gasteiger partial charge in [-0.25, -0.2) is 9.97 Å². The van der Waals surface area contributed by atoms with E-state index in [1.807, 2.05) is 42.5 Å². The first-order valence-electron chi connectivity index (χ1n) is 12.0. The molecule has 0 amide bonds. The van der Waals surface area contributed by atoms with Crippen molar-refractivity contribution >= 4 is 33.4 Å². The average Bonchev–Trinajstić information content (AvgIpc) is 3.24. The second kappa shape index (κ2) is 11.8. The lowest BCUT2D eigenvalue weighted by molar-refractivity contribution is 0.105. The highest BCUT2D eigenvalue weighted by atomic mass is 16.5. The number of nitrogens with zero attached hydrogens (tertiary/aromatic N) is 3. The number of aliphatic hydroxyl groups excluding tert-OH is 1. The number of imidazole rings is 1.